The second-order valence-electron chi connectivity index (χ2n) is 12.2. The second-order valence-corrected chi connectivity index (χ2v) is 12.2. The summed E-state index contributed by atoms with van der Waals surface area (Å²) in [6.07, 6.45) is 5.33. The molecule has 51 heavy (non-hydrogen) atoms. The predicted molar refractivity (Wildman–Crippen MR) is 205 cm³/mol. The molecule has 5 aromatic carbocycles. The Balaban J connectivity index is 1.11. The minimum atomic E-state index is -0.456. The number of benzene rings is 5. The van der Waals surface area contributed by atoms with E-state index in [0.717, 1.165) is 53.3 Å². The van der Waals surface area contributed by atoms with E-state index in [9.17, 15) is 4.79 Å². The number of aryl methyl sites for hydroxylation is 1. The molecule has 0 heterocycles. The van der Waals surface area contributed by atoms with Gasteiger partial charge in [-0.05, 0) is 89.7 Å². The molecule has 0 aliphatic rings. The molecule has 0 N–H and O–H groups in total. The molecule has 5 heteroatoms. The Morgan fingerprint density at radius 1 is 0.706 bits per heavy atom. The molecule has 0 fully saturated rings. The van der Waals surface area contributed by atoms with E-state index in [1.165, 1.54) is 23.1 Å². The SMILES string of the molecule is C=C(C)C(=O)OCCOCCOc1ccc2cc(C#Cc3ccc(-c4ccc(-c5ccc(CCCCC#CCC)cc5)cc4)cc3)ccc2c1F. The monoisotopic (exact) mass is 678 g/mol. The van der Waals surface area contributed by atoms with Crippen LogP contribution in [0.1, 0.15) is 56.2 Å². The van der Waals surface area contributed by atoms with Crippen LogP contribution in [0.4, 0.5) is 4.39 Å². The molecule has 0 aliphatic heterocycles. The Morgan fingerprint density at radius 2 is 1.31 bits per heavy atom. The van der Waals surface area contributed by atoms with Gasteiger partial charge in [-0.1, -0.05) is 98.1 Å². The Kier molecular flexibility index (Phi) is 13.6. The van der Waals surface area contributed by atoms with Crippen molar-refractivity contribution in [3.8, 4) is 51.7 Å². The smallest absolute Gasteiger partial charge is 0.333 e. The van der Waals surface area contributed by atoms with Crippen molar-refractivity contribution in [2.45, 2.75) is 46.0 Å². The van der Waals surface area contributed by atoms with Gasteiger partial charge in [-0.2, -0.15) is 0 Å². The molecule has 0 spiro atoms. The summed E-state index contributed by atoms with van der Waals surface area (Å²) in [5.41, 5.74) is 8.08. The fourth-order valence-electron chi connectivity index (χ4n) is 5.46. The first kappa shape index (κ1) is 36.7. The summed E-state index contributed by atoms with van der Waals surface area (Å²) in [6, 6.07) is 34.6. The molecule has 0 unspecified atom stereocenters. The van der Waals surface area contributed by atoms with Crippen molar-refractivity contribution in [2.75, 3.05) is 26.4 Å². The Morgan fingerprint density at radius 3 is 1.98 bits per heavy atom. The maximum absolute atomic E-state index is 15.2. The van der Waals surface area contributed by atoms with Gasteiger partial charge in [-0.15, -0.1) is 11.8 Å². The van der Waals surface area contributed by atoms with Crippen molar-refractivity contribution in [1.29, 1.82) is 0 Å². The largest absolute Gasteiger partial charge is 0.488 e. The molecule has 0 atom stereocenters. The number of carbonyl (C=O) groups excluding carboxylic acids is 1. The zero-order valence-electron chi connectivity index (χ0n) is 29.4. The van der Waals surface area contributed by atoms with E-state index in [4.69, 9.17) is 14.2 Å². The average Bonchev–Trinajstić information content (AvgIpc) is 3.16. The van der Waals surface area contributed by atoms with E-state index >= 15 is 4.39 Å². The minimum Gasteiger partial charge on any atom is -0.488 e. The minimum absolute atomic E-state index is 0.120. The Labute approximate surface area is 301 Å². The maximum Gasteiger partial charge on any atom is 0.333 e. The van der Waals surface area contributed by atoms with Crippen LogP contribution in [-0.2, 0) is 20.7 Å². The number of carbonyl (C=O) groups is 1. The van der Waals surface area contributed by atoms with Crippen molar-refractivity contribution in [2.24, 2.45) is 0 Å². The highest BCUT2D eigenvalue weighted by Gasteiger charge is 2.09. The summed E-state index contributed by atoms with van der Waals surface area (Å²) in [7, 11) is 0. The molecule has 4 nitrogen and oxygen atoms in total. The fourth-order valence-corrected chi connectivity index (χ4v) is 5.46. The second kappa shape index (κ2) is 19.0. The third-order valence-electron chi connectivity index (χ3n) is 8.27. The molecule has 0 saturated heterocycles. The lowest BCUT2D eigenvalue weighted by molar-refractivity contribution is -0.140. The Hall–Kier alpha value is -5.62. The zero-order valence-corrected chi connectivity index (χ0v) is 29.4. The maximum atomic E-state index is 15.2. The lowest BCUT2D eigenvalue weighted by Gasteiger charge is -2.10. The highest BCUT2D eigenvalue weighted by atomic mass is 19.1. The number of halogens is 1. The van der Waals surface area contributed by atoms with Crippen molar-refractivity contribution in [3.63, 3.8) is 0 Å². The number of fused-ring (bicyclic) bond motifs is 1. The summed E-state index contributed by atoms with van der Waals surface area (Å²) in [6.45, 7) is 7.93. The highest BCUT2D eigenvalue weighted by molar-refractivity contribution is 5.87. The first-order valence-corrected chi connectivity index (χ1v) is 17.4. The third kappa shape index (κ3) is 10.9. The molecule has 0 radical (unpaired) electrons. The number of unbranched alkanes of at least 4 members (excludes halogenated alkanes) is 2. The van der Waals surface area contributed by atoms with Crippen LogP contribution < -0.4 is 4.74 Å². The topological polar surface area (TPSA) is 44.8 Å². The van der Waals surface area contributed by atoms with E-state index in [0.29, 0.717) is 11.0 Å². The Bertz CT molecular complexity index is 2060. The van der Waals surface area contributed by atoms with Crippen molar-refractivity contribution in [1.82, 2.24) is 0 Å². The molecule has 0 bridgehead atoms. The van der Waals surface area contributed by atoms with Crippen LogP contribution in [0.5, 0.6) is 5.75 Å². The molecule has 0 amide bonds. The van der Waals surface area contributed by atoms with Crippen LogP contribution >= 0.6 is 0 Å². The van der Waals surface area contributed by atoms with Gasteiger partial charge < -0.3 is 14.2 Å². The van der Waals surface area contributed by atoms with E-state index in [-0.39, 0.29) is 32.2 Å². The first-order valence-electron chi connectivity index (χ1n) is 17.4. The summed E-state index contributed by atoms with van der Waals surface area (Å²) in [5.74, 6) is 12.1. The van der Waals surface area contributed by atoms with Crippen LogP contribution in [0.25, 0.3) is 33.0 Å². The van der Waals surface area contributed by atoms with Gasteiger partial charge >= 0.3 is 5.97 Å². The van der Waals surface area contributed by atoms with Crippen LogP contribution in [0.3, 0.4) is 0 Å². The molecule has 0 aromatic heterocycles. The molecule has 5 aromatic rings. The summed E-state index contributed by atoms with van der Waals surface area (Å²) >= 11 is 0. The van der Waals surface area contributed by atoms with E-state index in [2.05, 4.69) is 97.8 Å². The van der Waals surface area contributed by atoms with Gasteiger partial charge in [0.05, 0.1) is 13.2 Å². The van der Waals surface area contributed by atoms with Crippen molar-refractivity contribution in [3.05, 3.63) is 138 Å². The lowest BCUT2D eigenvalue weighted by Crippen LogP contribution is -2.14. The van der Waals surface area contributed by atoms with Gasteiger partial charge in [0.1, 0.15) is 13.2 Å². The first-order chi connectivity index (χ1) is 24.9. The summed E-state index contributed by atoms with van der Waals surface area (Å²) in [4.78, 5) is 11.4. The number of rotatable bonds is 14. The predicted octanol–water partition coefficient (Wildman–Crippen LogP) is 10.4. The van der Waals surface area contributed by atoms with E-state index in [1.54, 1.807) is 19.1 Å². The van der Waals surface area contributed by atoms with Crippen LogP contribution in [0.15, 0.2) is 115 Å². The van der Waals surface area contributed by atoms with Gasteiger partial charge in [-0.3, -0.25) is 0 Å². The third-order valence-corrected chi connectivity index (χ3v) is 8.27. The standard InChI is InChI=1S/C46H43FO4/c1-4-5-6-7-8-9-10-35-13-18-38(19-14-35)40-22-24-41(25-23-40)39-20-15-36(16-21-39)11-12-37-17-27-43-42(33-37)26-28-44(45(43)47)50-31-29-49-30-32-51-46(48)34(2)3/h13-28,33H,2,4,7-10,29-32H2,1,3H3. The van der Waals surface area contributed by atoms with Gasteiger partial charge in [0.15, 0.2) is 11.6 Å². The molecule has 258 valence electrons. The summed E-state index contributed by atoms with van der Waals surface area (Å²) < 4.78 is 31.1. The number of esters is 1. The van der Waals surface area contributed by atoms with Crippen LogP contribution in [0.2, 0.25) is 0 Å². The van der Waals surface area contributed by atoms with Crippen LogP contribution in [-0.4, -0.2) is 32.4 Å². The molecular formula is C46H43FO4. The van der Waals surface area contributed by atoms with Crippen LogP contribution in [0, 0.1) is 29.5 Å². The molecule has 0 aliphatic carbocycles. The van der Waals surface area contributed by atoms with Gasteiger partial charge in [0.2, 0.25) is 0 Å². The molecule has 5 rings (SSSR count). The highest BCUT2D eigenvalue weighted by Crippen LogP contribution is 2.28. The van der Waals surface area contributed by atoms with Crippen molar-refractivity contribution >= 4 is 16.7 Å². The lowest BCUT2D eigenvalue weighted by atomic mass is 9.98. The average molecular weight is 679 g/mol. The number of hydrogen-bond donors (Lipinski definition) is 0. The van der Waals surface area contributed by atoms with E-state index < -0.39 is 11.8 Å². The number of hydrogen-bond acceptors (Lipinski definition) is 4. The van der Waals surface area contributed by atoms with Gasteiger partial charge in [0.25, 0.3) is 0 Å². The van der Waals surface area contributed by atoms with E-state index in [1.807, 2.05) is 30.3 Å². The quantitative estimate of drug-likeness (QED) is 0.0508. The van der Waals surface area contributed by atoms with Crippen molar-refractivity contribution < 1.29 is 23.4 Å². The van der Waals surface area contributed by atoms with Gasteiger partial charge in [-0.25, -0.2) is 9.18 Å². The van der Waals surface area contributed by atoms with Gasteiger partial charge in [0, 0.05) is 34.9 Å². The zero-order chi connectivity index (χ0) is 35.8. The normalized spacial score (nSPS) is 10.5. The molecule has 0 saturated carbocycles. The fraction of sp³-hybridized carbons (Fsp3) is 0.239. The molecular weight excluding hydrogens is 636 g/mol. The summed E-state index contributed by atoms with van der Waals surface area (Å²) in [5, 5.41) is 1.19. The number of ether oxygens (including phenoxy) is 3.